The van der Waals surface area contributed by atoms with E-state index in [1.165, 1.54) is 405 Å². The Morgan fingerprint density at radius 2 is 0.549 bits per heavy atom. The second kappa shape index (κ2) is 80.8. The molecule has 0 aliphatic rings. The average molecular weight is 1280 g/mol. The Labute approximate surface area is 571 Å². The van der Waals surface area contributed by atoms with Gasteiger partial charge in [-0.15, -0.1) is 0 Å². The van der Waals surface area contributed by atoms with Crippen molar-refractivity contribution in [3.63, 3.8) is 0 Å². The van der Waals surface area contributed by atoms with Gasteiger partial charge in [-0.1, -0.05) is 436 Å². The van der Waals surface area contributed by atoms with Crippen molar-refractivity contribution >= 4 is 11.9 Å². The molecule has 0 radical (unpaired) electrons. The fourth-order valence-electron chi connectivity index (χ4n) is 13.6. The highest BCUT2D eigenvalue weighted by molar-refractivity contribution is 5.76. The van der Waals surface area contributed by atoms with Crippen LogP contribution < -0.4 is 5.32 Å². The van der Waals surface area contributed by atoms with Gasteiger partial charge < -0.3 is 20.3 Å². The summed E-state index contributed by atoms with van der Waals surface area (Å²) in [6.07, 6.45) is 104. The van der Waals surface area contributed by atoms with E-state index in [2.05, 4.69) is 43.5 Å². The molecule has 6 nitrogen and oxygen atoms in total. The van der Waals surface area contributed by atoms with Crippen molar-refractivity contribution < 1.29 is 24.5 Å². The first-order valence-corrected chi connectivity index (χ1v) is 42.1. The van der Waals surface area contributed by atoms with Crippen molar-refractivity contribution in [3.05, 3.63) is 24.3 Å². The van der Waals surface area contributed by atoms with Gasteiger partial charge in [0.1, 0.15) is 0 Å². The number of rotatable bonds is 80. The van der Waals surface area contributed by atoms with E-state index in [9.17, 15) is 19.8 Å². The van der Waals surface area contributed by atoms with Gasteiger partial charge in [-0.05, 0) is 57.8 Å². The van der Waals surface area contributed by atoms with Gasteiger partial charge in [0.15, 0.2) is 0 Å². The third-order valence-electron chi connectivity index (χ3n) is 20.0. The van der Waals surface area contributed by atoms with Crippen molar-refractivity contribution in [2.45, 2.75) is 495 Å². The molecule has 2 atom stereocenters. The first-order chi connectivity index (χ1) is 45.0. The average Bonchev–Trinajstić information content (AvgIpc) is 3.73. The van der Waals surface area contributed by atoms with Gasteiger partial charge in [-0.2, -0.15) is 0 Å². The number of esters is 1. The van der Waals surface area contributed by atoms with Crippen LogP contribution >= 0.6 is 0 Å². The van der Waals surface area contributed by atoms with Gasteiger partial charge in [0.25, 0.3) is 0 Å². The van der Waals surface area contributed by atoms with Crippen LogP contribution in [0, 0.1) is 0 Å². The van der Waals surface area contributed by atoms with Crippen LogP contribution in [0.25, 0.3) is 0 Å². The van der Waals surface area contributed by atoms with Crippen molar-refractivity contribution in [1.82, 2.24) is 5.32 Å². The Hall–Kier alpha value is -1.66. The number of ether oxygens (including phenoxy) is 1. The number of hydrogen-bond acceptors (Lipinski definition) is 5. The Morgan fingerprint density at radius 3 is 0.835 bits per heavy atom. The fourth-order valence-corrected chi connectivity index (χ4v) is 13.6. The maximum Gasteiger partial charge on any atom is 0.305 e. The smallest absolute Gasteiger partial charge is 0.305 e. The molecule has 3 N–H and O–H groups in total. The molecule has 0 heterocycles. The lowest BCUT2D eigenvalue weighted by Gasteiger charge is -2.22. The first kappa shape index (κ1) is 89.3. The lowest BCUT2D eigenvalue weighted by molar-refractivity contribution is -0.143. The van der Waals surface area contributed by atoms with E-state index < -0.39 is 12.1 Å². The minimum Gasteiger partial charge on any atom is -0.466 e. The van der Waals surface area contributed by atoms with Gasteiger partial charge in [0.05, 0.1) is 25.4 Å². The van der Waals surface area contributed by atoms with Gasteiger partial charge >= 0.3 is 5.97 Å². The molecule has 0 spiro atoms. The number of carbonyl (C=O) groups excluding carboxylic acids is 2. The number of hydrogen-bond donors (Lipinski definition) is 3. The highest BCUT2D eigenvalue weighted by Crippen LogP contribution is 2.21. The zero-order chi connectivity index (χ0) is 65.6. The summed E-state index contributed by atoms with van der Waals surface area (Å²) in [5.41, 5.74) is 0. The maximum absolute atomic E-state index is 12.5. The number of unbranched alkanes of at least 4 members (excludes halogenated alkanes) is 65. The largest absolute Gasteiger partial charge is 0.466 e. The molecule has 0 fully saturated rings. The van der Waals surface area contributed by atoms with Crippen LogP contribution in [0.5, 0.6) is 0 Å². The summed E-state index contributed by atoms with van der Waals surface area (Å²) in [5.74, 6) is -0.00152. The molecule has 0 saturated heterocycles. The van der Waals surface area contributed by atoms with Crippen LogP contribution in [0.15, 0.2) is 24.3 Å². The van der Waals surface area contributed by atoms with Crippen molar-refractivity contribution in [2.24, 2.45) is 0 Å². The SMILES string of the molecule is CCCCCCCCCCCCCCCCCCCCC(=O)OCCCCCCCCCCCCCCCCC/C=C\C/C=C\CCCCCCCCCCCCCCCCCCCC(=O)NC(CO)C(O)CCCCCCCCCCCCCCCCCCC. The lowest BCUT2D eigenvalue weighted by atomic mass is 10.0. The number of allylic oxidation sites excluding steroid dienone is 4. The van der Waals surface area contributed by atoms with Crippen LogP contribution in [-0.4, -0.2) is 47.4 Å². The molecule has 0 bridgehead atoms. The summed E-state index contributed by atoms with van der Waals surface area (Å²) in [4.78, 5) is 24.7. The number of carbonyl (C=O) groups is 2. The van der Waals surface area contributed by atoms with E-state index in [0.717, 1.165) is 44.9 Å². The van der Waals surface area contributed by atoms with Crippen LogP contribution in [0.2, 0.25) is 0 Å². The highest BCUT2D eigenvalue weighted by Gasteiger charge is 2.20. The van der Waals surface area contributed by atoms with Crippen molar-refractivity contribution in [2.75, 3.05) is 13.2 Å². The molecule has 91 heavy (non-hydrogen) atoms. The van der Waals surface area contributed by atoms with Gasteiger partial charge in [0.2, 0.25) is 5.91 Å². The topological polar surface area (TPSA) is 95.9 Å². The predicted molar refractivity (Wildman–Crippen MR) is 403 cm³/mol. The van der Waals surface area contributed by atoms with Crippen molar-refractivity contribution in [1.29, 1.82) is 0 Å². The second-order valence-electron chi connectivity index (χ2n) is 29.2. The Balaban J connectivity index is 3.33. The van der Waals surface area contributed by atoms with E-state index in [-0.39, 0.29) is 18.5 Å². The highest BCUT2D eigenvalue weighted by atomic mass is 16.5. The van der Waals surface area contributed by atoms with E-state index in [0.29, 0.717) is 25.9 Å². The first-order valence-electron chi connectivity index (χ1n) is 42.1. The molecule has 0 rings (SSSR count). The number of aliphatic hydroxyl groups excluding tert-OH is 2. The summed E-state index contributed by atoms with van der Waals surface area (Å²) in [5, 5.41) is 23.4. The molecule has 0 aliphatic carbocycles. The van der Waals surface area contributed by atoms with Gasteiger partial charge in [-0.3, -0.25) is 9.59 Å². The number of aliphatic hydroxyl groups is 2. The van der Waals surface area contributed by atoms with Crippen LogP contribution in [0.3, 0.4) is 0 Å². The monoisotopic (exact) mass is 1280 g/mol. The van der Waals surface area contributed by atoms with Crippen LogP contribution in [0.1, 0.15) is 483 Å². The minimum atomic E-state index is -0.662. The second-order valence-corrected chi connectivity index (χ2v) is 29.2. The molecular weight excluding hydrogens is 1110 g/mol. The number of amides is 1. The zero-order valence-electron chi connectivity index (χ0n) is 62.1. The van der Waals surface area contributed by atoms with E-state index in [4.69, 9.17) is 4.74 Å². The summed E-state index contributed by atoms with van der Waals surface area (Å²) < 4.78 is 5.52. The predicted octanol–water partition coefficient (Wildman–Crippen LogP) is 28.0. The Morgan fingerprint density at radius 1 is 0.308 bits per heavy atom. The minimum absolute atomic E-state index is 0.0259. The summed E-state index contributed by atoms with van der Waals surface area (Å²) in [6, 6.07) is -0.539. The van der Waals surface area contributed by atoms with Gasteiger partial charge in [-0.25, -0.2) is 0 Å². The third-order valence-corrected chi connectivity index (χ3v) is 20.0. The molecule has 0 aromatic carbocycles. The lowest BCUT2D eigenvalue weighted by Crippen LogP contribution is -2.45. The standard InChI is InChI=1S/C85H165NO5/c1-3-5-7-9-11-13-15-17-19-21-47-51-55-59-63-67-71-75-79-85(90)91-80-76-72-68-64-60-56-52-48-44-42-40-38-36-34-32-30-28-26-24-22-23-25-27-29-31-33-35-37-39-41-43-46-50-54-58-62-66-70-74-78-84(89)86-82(81-87)83(88)77-73-69-65-61-57-53-49-45-20-18-16-14-12-10-8-6-4-2/h22-23,26,28,82-83,87-88H,3-21,24-25,27,29-81H2,1-2H3,(H,86,89)/b23-22-,28-26-. The van der Waals surface area contributed by atoms with Crippen LogP contribution in [-0.2, 0) is 14.3 Å². The Bertz CT molecular complexity index is 1430. The summed E-state index contributed by atoms with van der Waals surface area (Å²) in [6.45, 7) is 5.01. The molecule has 2 unspecified atom stereocenters. The maximum atomic E-state index is 12.5. The van der Waals surface area contributed by atoms with Crippen LogP contribution in [0.4, 0.5) is 0 Å². The third kappa shape index (κ3) is 77.2. The molecule has 0 aliphatic heterocycles. The quantitative estimate of drug-likeness (QED) is 0.0320. The molecule has 540 valence electrons. The molecule has 0 aromatic heterocycles. The summed E-state index contributed by atoms with van der Waals surface area (Å²) >= 11 is 0. The molecule has 6 heteroatoms. The molecular formula is C85H165NO5. The van der Waals surface area contributed by atoms with E-state index in [1.54, 1.807) is 0 Å². The molecule has 0 aromatic rings. The molecule has 0 saturated carbocycles. The zero-order valence-corrected chi connectivity index (χ0v) is 62.1. The fraction of sp³-hybridized carbons (Fsp3) is 0.929. The summed E-state index contributed by atoms with van der Waals surface area (Å²) in [7, 11) is 0. The van der Waals surface area contributed by atoms with Crippen molar-refractivity contribution in [3.8, 4) is 0 Å². The normalized spacial score (nSPS) is 12.5. The Kier molecular flexibility index (Phi) is 79.3. The van der Waals surface area contributed by atoms with E-state index in [1.807, 2.05) is 0 Å². The van der Waals surface area contributed by atoms with E-state index >= 15 is 0 Å². The molecule has 1 amide bonds. The van der Waals surface area contributed by atoms with Gasteiger partial charge in [0, 0.05) is 12.8 Å². The number of nitrogens with one attached hydrogen (secondary N) is 1.